The van der Waals surface area contributed by atoms with E-state index >= 15 is 0 Å². The monoisotopic (exact) mass is 370 g/mol. The number of carbonyl (C=O) groups excluding carboxylic acids is 2. The fourth-order valence-corrected chi connectivity index (χ4v) is 3.50. The minimum absolute atomic E-state index is 0.0368. The zero-order valence-electron chi connectivity index (χ0n) is 13.0. The Kier molecular flexibility index (Phi) is 5.16. The van der Waals surface area contributed by atoms with Crippen LogP contribution in [0.25, 0.3) is 6.08 Å². The molecule has 0 spiro atoms. The standard InChI is InChI=1S/C18H14N2O3S2/c21-14-9-5-4-8-13(14)19-16(22)11-20-17(23)15(25-18(20)24)10-12-6-2-1-3-7-12/h1-10,21H,11H2,(H,19,22). The minimum Gasteiger partial charge on any atom is -0.506 e. The van der Waals surface area contributed by atoms with Crippen LogP contribution in [0.3, 0.4) is 0 Å². The second-order valence-corrected chi connectivity index (χ2v) is 6.92. The lowest BCUT2D eigenvalue weighted by Crippen LogP contribution is -2.36. The number of amides is 2. The number of hydrogen-bond donors (Lipinski definition) is 2. The maximum Gasteiger partial charge on any atom is 0.266 e. The molecule has 0 radical (unpaired) electrons. The first-order valence-electron chi connectivity index (χ1n) is 7.43. The molecule has 0 atom stereocenters. The molecule has 1 aliphatic rings. The number of benzene rings is 2. The van der Waals surface area contributed by atoms with Gasteiger partial charge in [-0.1, -0.05) is 66.4 Å². The number of rotatable bonds is 4. The van der Waals surface area contributed by atoms with Gasteiger partial charge < -0.3 is 10.4 Å². The van der Waals surface area contributed by atoms with Crippen LogP contribution in [0.15, 0.2) is 59.5 Å². The highest BCUT2D eigenvalue weighted by atomic mass is 32.2. The van der Waals surface area contributed by atoms with Gasteiger partial charge in [-0.15, -0.1) is 0 Å². The lowest BCUT2D eigenvalue weighted by atomic mass is 10.2. The SMILES string of the molecule is O=C(CN1C(=O)C(=Cc2ccccc2)SC1=S)Nc1ccccc1O. The summed E-state index contributed by atoms with van der Waals surface area (Å²) in [5, 5.41) is 12.3. The summed E-state index contributed by atoms with van der Waals surface area (Å²) < 4.78 is 0.333. The van der Waals surface area contributed by atoms with Gasteiger partial charge in [0.2, 0.25) is 5.91 Å². The molecule has 7 heteroatoms. The van der Waals surface area contributed by atoms with Crippen molar-refractivity contribution in [1.82, 2.24) is 4.90 Å². The van der Waals surface area contributed by atoms with Gasteiger partial charge in [0.15, 0.2) is 0 Å². The molecule has 1 heterocycles. The Bertz CT molecular complexity index is 866. The third kappa shape index (κ3) is 4.07. The Morgan fingerprint density at radius 1 is 1.16 bits per heavy atom. The Balaban J connectivity index is 1.70. The lowest BCUT2D eigenvalue weighted by molar-refractivity contribution is -0.126. The van der Waals surface area contributed by atoms with Gasteiger partial charge in [0, 0.05) is 0 Å². The van der Waals surface area contributed by atoms with Crippen LogP contribution in [-0.2, 0) is 9.59 Å². The summed E-state index contributed by atoms with van der Waals surface area (Å²) in [6, 6.07) is 15.8. The molecule has 1 aliphatic heterocycles. The van der Waals surface area contributed by atoms with E-state index in [-0.39, 0.29) is 23.9 Å². The van der Waals surface area contributed by atoms with Crippen LogP contribution in [0, 0.1) is 0 Å². The van der Waals surface area contributed by atoms with E-state index in [1.54, 1.807) is 24.3 Å². The molecule has 0 aromatic heterocycles. The van der Waals surface area contributed by atoms with E-state index in [0.717, 1.165) is 5.56 Å². The molecule has 2 amide bonds. The largest absolute Gasteiger partial charge is 0.506 e. The number of hydrogen-bond acceptors (Lipinski definition) is 5. The first-order chi connectivity index (χ1) is 12.0. The molecule has 25 heavy (non-hydrogen) atoms. The molecule has 3 rings (SSSR count). The molecule has 0 saturated carbocycles. The van der Waals surface area contributed by atoms with Crippen LogP contribution < -0.4 is 5.32 Å². The number of thioether (sulfide) groups is 1. The summed E-state index contributed by atoms with van der Waals surface area (Å²) in [6.07, 6.45) is 1.75. The second kappa shape index (κ2) is 7.50. The predicted octanol–water partition coefficient (Wildman–Crippen LogP) is 3.23. The molecule has 0 bridgehead atoms. The summed E-state index contributed by atoms with van der Waals surface area (Å²) in [5.41, 5.74) is 1.18. The Morgan fingerprint density at radius 2 is 1.84 bits per heavy atom. The Hall–Kier alpha value is -2.64. The fourth-order valence-electron chi connectivity index (χ4n) is 2.25. The van der Waals surface area contributed by atoms with Crippen molar-refractivity contribution >= 4 is 51.9 Å². The van der Waals surface area contributed by atoms with Crippen molar-refractivity contribution < 1.29 is 14.7 Å². The van der Waals surface area contributed by atoms with E-state index in [1.165, 1.54) is 22.7 Å². The summed E-state index contributed by atoms with van der Waals surface area (Å²) in [5.74, 6) is -0.768. The maximum atomic E-state index is 12.5. The predicted molar refractivity (Wildman–Crippen MR) is 103 cm³/mol. The molecule has 1 fully saturated rings. The second-order valence-electron chi connectivity index (χ2n) is 5.24. The molecule has 2 aromatic rings. The minimum atomic E-state index is -0.432. The summed E-state index contributed by atoms with van der Waals surface area (Å²) in [7, 11) is 0. The van der Waals surface area contributed by atoms with E-state index in [0.29, 0.717) is 9.23 Å². The van der Waals surface area contributed by atoms with Gasteiger partial charge in [-0.25, -0.2) is 0 Å². The molecule has 126 valence electrons. The number of anilines is 1. The molecule has 0 unspecified atom stereocenters. The highest BCUT2D eigenvalue weighted by molar-refractivity contribution is 8.26. The van der Waals surface area contributed by atoms with Crippen LogP contribution in [-0.4, -0.2) is 32.7 Å². The highest BCUT2D eigenvalue weighted by Gasteiger charge is 2.33. The number of para-hydroxylation sites is 2. The molecule has 5 nitrogen and oxygen atoms in total. The Labute approximate surface area is 154 Å². The summed E-state index contributed by atoms with van der Waals surface area (Å²) >= 11 is 6.39. The number of phenols is 1. The number of nitrogens with zero attached hydrogens (tertiary/aromatic N) is 1. The van der Waals surface area contributed by atoms with Crippen molar-refractivity contribution in [2.45, 2.75) is 0 Å². The molecular weight excluding hydrogens is 356 g/mol. The van der Waals surface area contributed by atoms with Crippen LogP contribution in [0.4, 0.5) is 5.69 Å². The van der Waals surface area contributed by atoms with Gasteiger partial charge in [0.1, 0.15) is 16.6 Å². The fraction of sp³-hybridized carbons (Fsp3) is 0.0556. The number of carbonyl (C=O) groups is 2. The van der Waals surface area contributed by atoms with Crippen LogP contribution in [0.5, 0.6) is 5.75 Å². The first kappa shape index (κ1) is 17.2. The first-order valence-corrected chi connectivity index (χ1v) is 8.65. The average molecular weight is 370 g/mol. The van der Waals surface area contributed by atoms with Crippen molar-refractivity contribution in [3.63, 3.8) is 0 Å². The number of nitrogens with one attached hydrogen (secondary N) is 1. The zero-order valence-corrected chi connectivity index (χ0v) is 14.6. The molecular formula is C18H14N2O3S2. The average Bonchev–Trinajstić information content (AvgIpc) is 2.85. The normalized spacial score (nSPS) is 15.7. The third-order valence-corrected chi connectivity index (χ3v) is 4.83. The molecule has 2 N–H and O–H groups in total. The van der Waals surface area contributed by atoms with Crippen molar-refractivity contribution in [1.29, 1.82) is 0 Å². The maximum absolute atomic E-state index is 12.5. The third-order valence-electron chi connectivity index (χ3n) is 3.45. The molecule has 1 saturated heterocycles. The molecule has 0 aliphatic carbocycles. The van der Waals surface area contributed by atoms with Gasteiger partial charge in [0.25, 0.3) is 5.91 Å². The quantitative estimate of drug-likeness (QED) is 0.491. The molecule has 2 aromatic carbocycles. The number of aromatic hydroxyl groups is 1. The van der Waals surface area contributed by atoms with E-state index in [9.17, 15) is 14.7 Å². The van der Waals surface area contributed by atoms with E-state index < -0.39 is 5.91 Å². The van der Waals surface area contributed by atoms with Gasteiger partial charge >= 0.3 is 0 Å². The van der Waals surface area contributed by atoms with Crippen molar-refractivity contribution in [2.75, 3.05) is 11.9 Å². The van der Waals surface area contributed by atoms with E-state index in [4.69, 9.17) is 12.2 Å². The highest BCUT2D eigenvalue weighted by Crippen LogP contribution is 2.32. The van der Waals surface area contributed by atoms with Crippen LogP contribution in [0.2, 0.25) is 0 Å². The van der Waals surface area contributed by atoms with Gasteiger partial charge in [0.05, 0.1) is 10.6 Å². The Morgan fingerprint density at radius 3 is 2.56 bits per heavy atom. The lowest BCUT2D eigenvalue weighted by Gasteiger charge is -2.14. The van der Waals surface area contributed by atoms with Crippen molar-refractivity contribution in [3.8, 4) is 5.75 Å². The van der Waals surface area contributed by atoms with Crippen molar-refractivity contribution in [2.24, 2.45) is 0 Å². The number of phenolic OH excluding ortho intramolecular Hbond substituents is 1. The van der Waals surface area contributed by atoms with E-state index in [2.05, 4.69) is 5.32 Å². The van der Waals surface area contributed by atoms with Gasteiger partial charge in [-0.05, 0) is 23.8 Å². The van der Waals surface area contributed by atoms with Crippen molar-refractivity contribution in [3.05, 3.63) is 65.1 Å². The van der Waals surface area contributed by atoms with Gasteiger partial charge in [-0.2, -0.15) is 0 Å². The summed E-state index contributed by atoms with van der Waals surface area (Å²) in [4.78, 5) is 26.4. The van der Waals surface area contributed by atoms with Crippen LogP contribution in [0.1, 0.15) is 5.56 Å². The smallest absolute Gasteiger partial charge is 0.266 e. The van der Waals surface area contributed by atoms with Crippen LogP contribution >= 0.6 is 24.0 Å². The topological polar surface area (TPSA) is 69.6 Å². The number of thiocarbonyl (C=S) groups is 1. The summed E-state index contributed by atoms with van der Waals surface area (Å²) in [6.45, 7) is -0.203. The van der Waals surface area contributed by atoms with Gasteiger partial charge in [-0.3, -0.25) is 14.5 Å². The zero-order chi connectivity index (χ0) is 17.8. The van der Waals surface area contributed by atoms with E-state index in [1.807, 2.05) is 30.3 Å².